The van der Waals surface area contributed by atoms with Gasteiger partial charge in [0, 0.05) is 20.0 Å². The minimum atomic E-state index is -0.818. The highest BCUT2D eigenvalue weighted by molar-refractivity contribution is 5.87. The van der Waals surface area contributed by atoms with Crippen LogP contribution in [0.1, 0.15) is 6.42 Å². The molecule has 0 aromatic carbocycles. The van der Waals surface area contributed by atoms with Crippen LogP contribution >= 0.6 is 0 Å². The highest BCUT2D eigenvalue weighted by Gasteiger charge is 2.75. The van der Waals surface area contributed by atoms with E-state index >= 15 is 0 Å². The first-order valence-corrected chi connectivity index (χ1v) is 5.62. The van der Waals surface area contributed by atoms with Gasteiger partial charge < -0.3 is 10.0 Å². The number of carboxylic acids is 1. The normalized spacial score (nSPS) is 46.6. The van der Waals surface area contributed by atoms with Gasteiger partial charge in [0.25, 0.3) is 0 Å². The summed E-state index contributed by atoms with van der Waals surface area (Å²) in [5, 5.41) is 9.27. The molecule has 5 atom stereocenters. The van der Waals surface area contributed by atoms with E-state index in [-0.39, 0.29) is 29.1 Å². The Morgan fingerprint density at radius 1 is 1.38 bits per heavy atom. The van der Waals surface area contributed by atoms with E-state index in [9.17, 15) is 14.7 Å². The molecule has 0 aromatic rings. The molecule has 1 spiro atoms. The Labute approximate surface area is 93.9 Å². The van der Waals surface area contributed by atoms with Gasteiger partial charge in [0.1, 0.15) is 0 Å². The zero-order valence-corrected chi connectivity index (χ0v) is 9.38. The minimum absolute atomic E-state index is 0.0227. The van der Waals surface area contributed by atoms with E-state index in [1.54, 1.807) is 14.1 Å². The Morgan fingerprint density at radius 3 is 2.50 bits per heavy atom. The molecular weight excluding hydrogens is 206 g/mol. The van der Waals surface area contributed by atoms with Crippen molar-refractivity contribution in [2.24, 2.45) is 29.1 Å². The van der Waals surface area contributed by atoms with Crippen molar-refractivity contribution < 1.29 is 14.7 Å². The SMILES string of the molecule is CN(C)C(=O)[C@H]1C2CC23C=CC3[C@H]1C(=O)O. The predicted molar refractivity (Wildman–Crippen MR) is 56.5 cm³/mol. The van der Waals surface area contributed by atoms with E-state index in [4.69, 9.17) is 0 Å². The molecule has 1 N–H and O–H groups in total. The topological polar surface area (TPSA) is 57.6 Å². The molecule has 2 fully saturated rings. The molecule has 2 saturated carbocycles. The second-order valence-corrected chi connectivity index (χ2v) is 5.43. The lowest BCUT2D eigenvalue weighted by molar-refractivity contribution is -0.150. The van der Waals surface area contributed by atoms with E-state index < -0.39 is 11.9 Å². The highest BCUT2D eigenvalue weighted by Crippen LogP contribution is 2.76. The number of allylic oxidation sites excluding steroid dienone is 2. The van der Waals surface area contributed by atoms with Crippen LogP contribution in [0.3, 0.4) is 0 Å². The lowest BCUT2D eigenvalue weighted by atomic mass is 9.73. The summed E-state index contributed by atoms with van der Waals surface area (Å²) in [7, 11) is 3.40. The highest BCUT2D eigenvalue weighted by atomic mass is 16.4. The molecule has 3 aliphatic rings. The summed E-state index contributed by atoms with van der Waals surface area (Å²) < 4.78 is 0. The maximum absolute atomic E-state index is 12.0. The molecule has 4 nitrogen and oxygen atoms in total. The average Bonchev–Trinajstić information content (AvgIpc) is 2.87. The third kappa shape index (κ3) is 0.907. The molecule has 0 aliphatic heterocycles. The molecule has 3 aliphatic carbocycles. The van der Waals surface area contributed by atoms with Crippen molar-refractivity contribution in [3.05, 3.63) is 12.2 Å². The lowest BCUT2D eigenvalue weighted by Crippen LogP contribution is -2.39. The largest absolute Gasteiger partial charge is 0.481 e. The summed E-state index contributed by atoms with van der Waals surface area (Å²) in [6, 6.07) is 0. The van der Waals surface area contributed by atoms with Crippen LogP contribution in [-0.4, -0.2) is 36.0 Å². The van der Waals surface area contributed by atoms with Crippen molar-refractivity contribution in [1.29, 1.82) is 0 Å². The monoisotopic (exact) mass is 221 g/mol. The summed E-state index contributed by atoms with van der Waals surface area (Å²) in [6.45, 7) is 0. The van der Waals surface area contributed by atoms with Crippen molar-refractivity contribution in [2.75, 3.05) is 14.1 Å². The average molecular weight is 221 g/mol. The number of aliphatic carboxylic acids is 1. The maximum Gasteiger partial charge on any atom is 0.307 e. The lowest BCUT2D eigenvalue weighted by Gasteiger charge is -2.30. The first-order valence-electron chi connectivity index (χ1n) is 5.62. The van der Waals surface area contributed by atoms with Gasteiger partial charge in [-0.15, -0.1) is 0 Å². The van der Waals surface area contributed by atoms with E-state index in [1.807, 2.05) is 6.08 Å². The fourth-order valence-corrected chi connectivity index (χ4v) is 3.67. The molecule has 0 aromatic heterocycles. The minimum Gasteiger partial charge on any atom is -0.481 e. The summed E-state index contributed by atoms with van der Waals surface area (Å²) in [6.07, 6.45) is 5.09. The standard InChI is InChI=1S/C12H15NO3/c1-13(2)10(14)8-7-5-12(7)4-3-6(12)9(8)11(15)16/h3-4,6-9H,5H2,1-2H3,(H,15,16)/t6?,7?,8-,9+,12?/m0/s1. The number of carboxylic acid groups (broad SMARTS) is 1. The number of carbonyl (C=O) groups is 2. The second kappa shape index (κ2) is 2.67. The predicted octanol–water partition coefficient (Wildman–Crippen LogP) is 0.597. The zero-order chi connectivity index (χ0) is 11.7. The third-order valence-corrected chi connectivity index (χ3v) is 4.56. The molecule has 0 heterocycles. The van der Waals surface area contributed by atoms with Crippen LogP contribution in [0.25, 0.3) is 0 Å². The molecule has 3 rings (SSSR count). The van der Waals surface area contributed by atoms with Crippen molar-refractivity contribution in [3.8, 4) is 0 Å². The Morgan fingerprint density at radius 2 is 2.06 bits per heavy atom. The van der Waals surface area contributed by atoms with Gasteiger partial charge in [-0.25, -0.2) is 0 Å². The Bertz CT molecular complexity index is 414. The van der Waals surface area contributed by atoms with E-state index in [0.29, 0.717) is 0 Å². The molecular formula is C12H15NO3. The second-order valence-electron chi connectivity index (χ2n) is 5.43. The number of carbonyl (C=O) groups excluding carboxylic acids is 1. The van der Waals surface area contributed by atoms with Crippen LogP contribution < -0.4 is 0 Å². The third-order valence-electron chi connectivity index (χ3n) is 4.56. The van der Waals surface area contributed by atoms with Crippen LogP contribution in [-0.2, 0) is 9.59 Å². The van der Waals surface area contributed by atoms with Gasteiger partial charge in [0.05, 0.1) is 11.8 Å². The molecule has 4 heteroatoms. The van der Waals surface area contributed by atoms with Gasteiger partial charge >= 0.3 is 5.97 Å². The zero-order valence-electron chi connectivity index (χ0n) is 9.38. The van der Waals surface area contributed by atoms with Crippen LogP contribution in [0.4, 0.5) is 0 Å². The van der Waals surface area contributed by atoms with Crippen molar-refractivity contribution in [1.82, 2.24) is 4.90 Å². The van der Waals surface area contributed by atoms with Crippen LogP contribution in [0.2, 0.25) is 0 Å². The fraction of sp³-hybridized carbons (Fsp3) is 0.667. The van der Waals surface area contributed by atoms with Crippen LogP contribution in [0, 0.1) is 29.1 Å². The summed E-state index contributed by atoms with van der Waals surface area (Å²) >= 11 is 0. The number of hydrogen-bond acceptors (Lipinski definition) is 2. The van der Waals surface area contributed by atoms with E-state index in [2.05, 4.69) is 6.08 Å². The Kier molecular flexibility index (Phi) is 1.65. The van der Waals surface area contributed by atoms with Crippen LogP contribution in [0.15, 0.2) is 12.2 Å². The van der Waals surface area contributed by atoms with Crippen molar-refractivity contribution in [2.45, 2.75) is 6.42 Å². The molecule has 0 radical (unpaired) electrons. The molecule has 86 valence electrons. The fourth-order valence-electron chi connectivity index (χ4n) is 3.67. The first kappa shape index (κ1) is 9.87. The molecule has 0 saturated heterocycles. The first-order chi connectivity index (χ1) is 7.49. The summed E-state index contributed by atoms with van der Waals surface area (Å²) in [4.78, 5) is 24.9. The van der Waals surface area contributed by atoms with Crippen LogP contribution in [0.5, 0.6) is 0 Å². The summed E-state index contributed by atoms with van der Waals surface area (Å²) in [5.41, 5.74) is 0.0827. The van der Waals surface area contributed by atoms with Gasteiger partial charge in [0.15, 0.2) is 0 Å². The molecule has 16 heavy (non-hydrogen) atoms. The van der Waals surface area contributed by atoms with Gasteiger partial charge in [0.2, 0.25) is 5.91 Å². The smallest absolute Gasteiger partial charge is 0.307 e. The number of hydrogen-bond donors (Lipinski definition) is 1. The molecule has 0 bridgehead atoms. The molecule has 1 amide bonds. The van der Waals surface area contributed by atoms with E-state index in [1.165, 1.54) is 4.90 Å². The summed E-state index contributed by atoms with van der Waals surface area (Å²) in [5.74, 6) is -1.28. The van der Waals surface area contributed by atoms with Gasteiger partial charge in [-0.05, 0) is 17.8 Å². The number of amides is 1. The van der Waals surface area contributed by atoms with Gasteiger partial charge in [-0.1, -0.05) is 12.2 Å². The Hall–Kier alpha value is -1.32. The van der Waals surface area contributed by atoms with Crippen molar-refractivity contribution in [3.63, 3.8) is 0 Å². The number of nitrogens with zero attached hydrogens (tertiary/aromatic N) is 1. The Balaban J connectivity index is 1.94. The van der Waals surface area contributed by atoms with Gasteiger partial charge in [-0.2, -0.15) is 0 Å². The van der Waals surface area contributed by atoms with Crippen molar-refractivity contribution >= 4 is 11.9 Å². The quantitative estimate of drug-likeness (QED) is 0.695. The van der Waals surface area contributed by atoms with E-state index in [0.717, 1.165) is 6.42 Å². The van der Waals surface area contributed by atoms with Gasteiger partial charge in [-0.3, -0.25) is 9.59 Å². The maximum atomic E-state index is 12.0. The molecule has 3 unspecified atom stereocenters. The number of rotatable bonds is 2.